The summed E-state index contributed by atoms with van der Waals surface area (Å²) in [7, 11) is 0. The SMILES string of the molecule is CCCc1ccc(C)cc1NC(=S)NC(=O)NC1CCc2cc(-c3ncn(-c4ccc(OC(F)(F)F)cc4)n3)ccc2C1. The third kappa shape index (κ3) is 7.89. The molecule has 0 spiro atoms. The van der Waals surface area contributed by atoms with Crippen molar-refractivity contribution in [3.8, 4) is 22.8 Å². The number of nitrogens with one attached hydrogen (secondary N) is 3. The van der Waals surface area contributed by atoms with Gasteiger partial charge in [0.2, 0.25) is 0 Å². The van der Waals surface area contributed by atoms with Gasteiger partial charge < -0.3 is 15.4 Å². The second-order valence-corrected chi connectivity index (χ2v) is 10.8. The highest BCUT2D eigenvalue weighted by Crippen LogP contribution is 2.27. The van der Waals surface area contributed by atoms with Crippen molar-refractivity contribution < 1.29 is 22.7 Å². The fourth-order valence-corrected chi connectivity index (χ4v) is 5.31. The molecule has 224 valence electrons. The van der Waals surface area contributed by atoms with Crippen LogP contribution >= 0.6 is 12.2 Å². The Bertz CT molecular complexity index is 1620. The molecule has 4 aromatic rings. The minimum atomic E-state index is -4.75. The molecule has 1 aliphatic carbocycles. The van der Waals surface area contributed by atoms with Gasteiger partial charge >= 0.3 is 12.4 Å². The number of nitrogens with zero attached hydrogens (tertiary/aromatic N) is 3. The summed E-state index contributed by atoms with van der Waals surface area (Å²) in [5.74, 6) is 0.189. The van der Waals surface area contributed by atoms with Crippen LogP contribution in [0, 0.1) is 6.92 Å². The van der Waals surface area contributed by atoms with Crippen LogP contribution in [0.2, 0.25) is 0 Å². The molecule has 2 amide bonds. The average molecular weight is 609 g/mol. The predicted molar refractivity (Wildman–Crippen MR) is 162 cm³/mol. The van der Waals surface area contributed by atoms with Crippen LogP contribution in [0.5, 0.6) is 5.75 Å². The largest absolute Gasteiger partial charge is 0.573 e. The van der Waals surface area contributed by atoms with Gasteiger partial charge in [0.1, 0.15) is 12.1 Å². The number of aryl methyl sites for hydroxylation is 3. The van der Waals surface area contributed by atoms with Gasteiger partial charge in [-0.1, -0.05) is 37.6 Å². The number of rotatable bonds is 7. The summed E-state index contributed by atoms with van der Waals surface area (Å²) in [6.07, 6.45) is 0.883. The Morgan fingerprint density at radius 1 is 1.09 bits per heavy atom. The van der Waals surface area contributed by atoms with Crippen molar-refractivity contribution >= 4 is 29.0 Å². The Labute approximate surface area is 252 Å². The number of aromatic nitrogens is 3. The van der Waals surface area contributed by atoms with Crippen LogP contribution in [-0.4, -0.2) is 38.3 Å². The van der Waals surface area contributed by atoms with Crippen molar-refractivity contribution in [2.75, 3.05) is 5.32 Å². The van der Waals surface area contributed by atoms with E-state index in [-0.39, 0.29) is 22.9 Å². The smallest absolute Gasteiger partial charge is 0.406 e. The number of urea groups is 1. The van der Waals surface area contributed by atoms with Gasteiger partial charge in [-0.25, -0.2) is 14.5 Å². The fourth-order valence-electron chi connectivity index (χ4n) is 5.11. The maximum Gasteiger partial charge on any atom is 0.573 e. The van der Waals surface area contributed by atoms with Crippen molar-refractivity contribution in [1.29, 1.82) is 0 Å². The molecular weight excluding hydrogens is 577 g/mol. The van der Waals surface area contributed by atoms with E-state index in [1.165, 1.54) is 35.3 Å². The molecule has 1 aromatic heterocycles. The topological polar surface area (TPSA) is 93.1 Å². The first-order valence-electron chi connectivity index (χ1n) is 13.9. The number of ether oxygens (including phenoxy) is 1. The van der Waals surface area contributed by atoms with Gasteiger partial charge in [0.05, 0.1) is 5.69 Å². The molecule has 0 saturated heterocycles. The number of halogens is 3. The molecule has 5 rings (SSSR count). The van der Waals surface area contributed by atoms with E-state index < -0.39 is 6.36 Å². The van der Waals surface area contributed by atoms with Crippen molar-refractivity contribution in [2.24, 2.45) is 0 Å². The molecule has 0 fully saturated rings. The number of amides is 2. The lowest BCUT2D eigenvalue weighted by Gasteiger charge is -2.26. The minimum absolute atomic E-state index is 0.0441. The molecule has 1 aliphatic rings. The Hall–Kier alpha value is -4.45. The Balaban J connectivity index is 1.17. The number of thiocarbonyl (C=S) groups is 1. The predicted octanol–water partition coefficient (Wildman–Crippen LogP) is 6.65. The van der Waals surface area contributed by atoms with E-state index >= 15 is 0 Å². The molecule has 1 unspecified atom stereocenters. The zero-order chi connectivity index (χ0) is 30.6. The van der Waals surface area contributed by atoms with E-state index in [1.807, 2.05) is 31.2 Å². The standard InChI is InChI=1S/C31H31F3N6O2S/c1-3-4-20-6-5-19(2)15-27(20)37-30(43)38-29(41)36-24-10-9-21-16-23(8-7-22(21)17-24)28-35-18-40(39-28)25-11-13-26(14-12-25)42-31(32,33)34/h5-8,11-16,18,24H,3-4,9-10,17H2,1-2H3,(H3,36,37,38,41,43). The van der Waals surface area contributed by atoms with E-state index in [0.717, 1.165) is 59.2 Å². The Morgan fingerprint density at radius 2 is 1.88 bits per heavy atom. The second kappa shape index (κ2) is 12.8. The summed E-state index contributed by atoms with van der Waals surface area (Å²) in [5.41, 5.74) is 6.82. The lowest BCUT2D eigenvalue weighted by Crippen LogP contribution is -2.47. The normalized spacial score (nSPS) is 14.5. The second-order valence-electron chi connectivity index (χ2n) is 10.4. The molecule has 43 heavy (non-hydrogen) atoms. The van der Waals surface area contributed by atoms with Gasteiger partial charge in [0.25, 0.3) is 0 Å². The molecule has 0 aliphatic heterocycles. The van der Waals surface area contributed by atoms with Crippen LogP contribution in [-0.2, 0) is 19.3 Å². The highest BCUT2D eigenvalue weighted by Gasteiger charge is 2.31. The number of carbonyl (C=O) groups is 1. The lowest BCUT2D eigenvalue weighted by molar-refractivity contribution is -0.274. The van der Waals surface area contributed by atoms with E-state index in [9.17, 15) is 18.0 Å². The molecule has 0 radical (unpaired) electrons. The number of fused-ring (bicyclic) bond motifs is 1. The van der Waals surface area contributed by atoms with Gasteiger partial charge in [-0.2, -0.15) is 0 Å². The van der Waals surface area contributed by atoms with E-state index in [2.05, 4.69) is 49.8 Å². The summed E-state index contributed by atoms with van der Waals surface area (Å²) in [6.45, 7) is 4.13. The van der Waals surface area contributed by atoms with Gasteiger partial charge in [0.15, 0.2) is 10.9 Å². The van der Waals surface area contributed by atoms with Crippen LogP contribution in [0.1, 0.15) is 42.0 Å². The maximum atomic E-state index is 12.7. The third-order valence-corrected chi connectivity index (χ3v) is 7.32. The third-order valence-electron chi connectivity index (χ3n) is 7.11. The minimum Gasteiger partial charge on any atom is -0.406 e. The lowest BCUT2D eigenvalue weighted by atomic mass is 9.87. The number of anilines is 1. The van der Waals surface area contributed by atoms with E-state index in [4.69, 9.17) is 12.2 Å². The highest BCUT2D eigenvalue weighted by atomic mass is 32.1. The van der Waals surface area contributed by atoms with Gasteiger partial charge in [0, 0.05) is 17.3 Å². The van der Waals surface area contributed by atoms with Gasteiger partial charge in [-0.15, -0.1) is 18.3 Å². The quantitative estimate of drug-likeness (QED) is 0.204. The summed E-state index contributed by atoms with van der Waals surface area (Å²) in [5, 5.41) is 13.7. The average Bonchev–Trinajstić information content (AvgIpc) is 3.44. The van der Waals surface area contributed by atoms with Crippen molar-refractivity contribution in [1.82, 2.24) is 25.4 Å². The van der Waals surface area contributed by atoms with Crippen LogP contribution in [0.25, 0.3) is 17.1 Å². The number of carbonyl (C=O) groups excluding carboxylic acids is 1. The molecule has 3 aromatic carbocycles. The molecule has 0 saturated carbocycles. The Morgan fingerprint density at radius 3 is 2.63 bits per heavy atom. The van der Waals surface area contributed by atoms with Crippen molar-refractivity contribution in [3.05, 3.63) is 89.2 Å². The van der Waals surface area contributed by atoms with Crippen LogP contribution in [0.15, 0.2) is 67.0 Å². The zero-order valence-corrected chi connectivity index (χ0v) is 24.5. The van der Waals surface area contributed by atoms with Gasteiger partial charge in [-0.05, 0) is 103 Å². The monoisotopic (exact) mass is 608 g/mol. The first kappa shape index (κ1) is 30.0. The number of hydrogen-bond acceptors (Lipinski definition) is 5. The molecule has 8 nitrogen and oxygen atoms in total. The van der Waals surface area contributed by atoms with Crippen molar-refractivity contribution in [3.63, 3.8) is 0 Å². The van der Waals surface area contributed by atoms with Crippen LogP contribution < -0.4 is 20.7 Å². The summed E-state index contributed by atoms with van der Waals surface area (Å²) < 4.78 is 42.7. The first-order valence-corrected chi connectivity index (χ1v) is 14.3. The molecular formula is C31H31F3N6O2S. The van der Waals surface area contributed by atoms with Crippen LogP contribution in [0.4, 0.5) is 23.7 Å². The number of benzene rings is 3. The fraction of sp³-hybridized carbons (Fsp3) is 0.290. The summed E-state index contributed by atoms with van der Waals surface area (Å²) >= 11 is 5.41. The summed E-state index contributed by atoms with van der Waals surface area (Å²) in [6, 6.07) is 17.2. The maximum absolute atomic E-state index is 12.7. The molecule has 1 heterocycles. The number of hydrogen-bond donors (Lipinski definition) is 3. The molecule has 3 N–H and O–H groups in total. The Kier molecular flexibility index (Phi) is 8.95. The van der Waals surface area contributed by atoms with Gasteiger partial charge in [-0.3, -0.25) is 5.32 Å². The molecule has 12 heteroatoms. The van der Waals surface area contributed by atoms with E-state index in [0.29, 0.717) is 17.9 Å². The van der Waals surface area contributed by atoms with Crippen LogP contribution in [0.3, 0.4) is 0 Å². The van der Waals surface area contributed by atoms with Crippen molar-refractivity contribution in [2.45, 2.75) is 58.4 Å². The first-order chi connectivity index (χ1) is 20.6. The van der Waals surface area contributed by atoms with E-state index in [1.54, 1.807) is 0 Å². The molecule has 0 bridgehead atoms. The molecule has 1 atom stereocenters. The summed E-state index contributed by atoms with van der Waals surface area (Å²) in [4.78, 5) is 17.1. The number of alkyl halides is 3. The zero-order valence-electron chi connectivity index (χ0n) is 23.7. The highest BCUT2D eigenvalue weighted by molar-refractivity contribution is 7.80.